The molecule has 0 fully saturated rings. The monoisotopic (exact) mass is 350 g/mol. The first-order valence-electron chi connectivity index (χ1n) is 8.38. The molecule has 0 aliphatic carbocycles. The molecule has 1 N–H and O–H groups in total. The quantitative estimate of drug-likeness (QED) is 0.593. The van der Waals surface area contributed by atoms with Gasteiger partial charge in [0.25, 0.3) is 5.91 Å². The van der Waals surface area contributed by atoms with Crippen molar-refractivity contribution in [2.75, 3.05) is 5.32 Å². The van der Waals surface area contributed by atoms with E-state index in [9.17, 15) is 4.79 Å². The number of hydrogen-bond donors (Lipinski definition) is 1. The summed E-state index contributed by atoms with van der Waals surface area (Å²) in [6.45, 7) is 0. The van der Waals surface area contributed by atoms with Gasteiger partial charge < -0.3 is 5.32 Å². The van der Waals surface area contributed by atoms with Crippen molar-refractivity contribution in [1.82, 2.24) is 10.2 Å². The molecule has 0 spiro atoms. The third kappa shape index (κ3) is 3.24. The smallest absolute Gasteiger partial charge is 0.258 e. The third-order valence-electron chi connectivity index (χ3n) is 4.19. The van der Waals surface area contributed by atoms with Gasteiger partial charge in [0.15, 0.2) is 0 Å². The van der Waals surface area contributed by atoms with Gasteiger partial charge in [0.1, 0.15) is 5.69 Å². The van der Waals surface area contributed by atoms with Gasteiger partial charge in [-0.2, -0.15) is 5.26 Å². The molecule has 0 atom stereocenters. The van der Waals surface area contributed by atoms with E-state index >= 15 is 0 Å². The summed E-state index contributed by atoms with van der Waals surface area (Å²) in [5, 5.41) is 21.2. The number of nitrogens with zero attached hydrogens (tertiary/aromatic N) is 3. The van der Waals surface area contributed by atoms with E-state index in [0.717, 1.165) is 10.9 Å². The highest BCUT2D eigenvalue weighted by atomic mass is 16.1. The molecule has 1 aromatic heterocycles. The zero-order chi connectivity index (χ0) is 18.6. The van der Waals surface area contributed by atoms with Crippen LogP contribution in [0.15, 0.2) is 78.9 Å². The fraction of sp³-hybridized carbons (Fsp3) is 0. The Morgan fingerprint density at radius 3 is 2.48 bits per heavy atom. The lowest BCUT2D eigenvalue weighted by Gasteiger charge is -2.12. The minimum atomic E-state index is -0.296. The van der Waals surface area contributed by atoms with Crippen LogP contribution in [0.2, 0.25) is 0 Å². The van der Waals surface area contributed by atoms with Crippen molar-refractivity contribution in [3.63, 3.8) is 0 Å². The van der Waals surface area contributed by atoms with Gasteiger partial charge in [-0.25, -0.2) is 0 Å². The van der Waals surface area contributed by atoms with Gasteiger partial charge in [0.05, 0.1) is 22.7 Å². The zero-order valence-corrected chi connectivity index (χ0v) is 14.3. The van der Waals surface area contributed by atoms with Gasteiger partial charge in [-0.3, -0.25) is 4.79 Å². The number of rotatable bonds is 3. The second-order valence-corrected chi connectivity index (χ2v) is 5.95. The Hall–Kier alpha value is -4.04. The predicted octanol–water partition coefficient (Wildman–Crippen LogP) is 4.42. The highest BCUT2D eigenvalue weighted by Gasteiger charge is 2.19. The van der Waals surface area contributed by atoms with Crippen LogP contribution in [0.3, 0.4) is 0 Å². The van der Waals surface area contributed by atoms with Crippen molar-refractivity contribution < 1.29 is 4.79 Å². The molecular formula is C22H14N4O. The molecule has 0 unspecified atom stereocenters. The Bertz CT molecular complexity index is 1180. The van der Waals surface area contributed by atoms with Crippen LogP contribution in [-0.2, 0) is 0 Å². The van der Waals surface area contributed by atoms with Gasteiger partial charge in [0.2, 0.25) is 0 Å². The Labute approximate surface area is 155 Å². The van der Waals surface area contributed by atoms with E-state index in [1.165, 1.54) is 0 Å². The van der Waals surface area contributed by atoms with Crippen LogP contribution in [-0.4, -0.2) is 16.1 Å². The molecule has 1 amide bonds. The minimum absolute atomic E-state index is 0.296. The maximum absolute atomic E-state index is 13.2. The molecular weight excluding hydrogens is 336 g/mol. The van der Waals surface area contributed by atoms with Crippen molar-refractivity contribution in [2.24, 2.45) is 0 Å². The molecule has 0 saturated heterocycles. The molecule has 0 bridgehead atoms. The Kier molecular flexibility index (Phi) is 4.30. The average Bonchev–Trinajstić information content (AvgIpc) is 2.73. The molecule has 0 aliphatic rings. The number of nitrogens with one attached hydrogen (secondary N) is 1. The van der Waals surface area contributed by atoms with Crippen LogP contribution < -0.4 is 5.32 Å². The summed E-state index contributed by atoms with van der Waals surface area (Å²) < 4.78 is 0. The van der Waals surface area contributed by atoms with Gasteiger partial charge in [0, 0.05) is 16.6 Å². The summed E-state index contributed by atoms with van der Waals surface area (Å²) in [4.78, 5) is 13.2. The van der Waals surface area contributed by atoms with Crippen molar-refractivity contribution in [1.29, 1.82) is 5.26 Å². The molecule has 5 heteroatoms. The van der Waals surface area contributed by atoms with Crippen LogP contribution in [0.5, 0.6) is 0 Å². The molecule has 1 heterocycles. The summed E-state index contributed by atoms with van der Waals surface area (Å²) in [5.41, 5.74) is 3.46. The van der Waals surface area contributed by atoms with Gasteiger partial charge in [-0.05, 0) is 24.3 Å². The van der Waals surface area contributed by atoms with Crippen molar-refractivity contribution in [3.05, 3.63) is 90.0 Å². The van der Waals surface area contributed by atoms with Crippen LogP contribution in [0.25, 0.3) is 22.2 Å². The molecule has 0 saturated carbocycles. The number of carbonyl (C=O) groups excluding carboxylic acids is 1. The van der Waals surface area contributed by atoms with Crippen LogP contribution >= 0.6 is 0 Å². The van der Waals surface area contributed by atoms with E-state index < -0.39 is 0 Å². The van der Waals surface area contributed by atoms with Crippen molar-refractivity contribution in [3.8, 4) is 17.3 Å². The number of nitriles is 1. The molecule has 5 nitrogen and oxygen atoms in total. The van der Waals surface area contributed by atoms with Crippen molar-refractivity contribution >= 4 is 22.5 Å². The van der Waals surface area contributed by atoms with Gasteiger partial charge in [-0.1, -0.05) is 54.6 Å². The molecule has 128 valence electrons. The van der Waals surface area contributed by atoms with E-state index in [1.54, 1.807) is 24.3 Å². The van der Waals surface area contributed by atoms with Gasteiger partial charge >= 0.3 is 0 Å². The molecule has 4 rings (SSSR count). The summed E-state index contributed by atoms with van der Waals surface area (Å²) in [6.07, 6.45) is 0. The lowest BCUT2D eigenvalue weighted by molar-refractivity contribution is 0.102. The Balaban J connectivity index is 1.85. The van der Waals surface area contributed by atoms with Crippen molar-refractivity contribution in [2.45, 2.75) is 0 Å². The highest BCUT2D eigenvalue weighted by molar-refractivity contribution is 6.15. The number of aromatic nitrogens is 2. The van der Waals surface area contributed by atoms with Crippen LogP contribution in [0.1, 0.15) is 15.9 Å². The average molecular weight is 350 g/mol. The molecule has 3 aromatic carbocycles. The fourth-order valence-electron chi connectivity index (χ4n) is 2.94. The minimum Gasteiger partial charge on any atom is -0.322 e. The normalized spacial score (nSPS) is 10.3. The second kappa shape index (κ2) is 7.06. The number of anilines is 1. The van der Waals surface area contributed by atoms with Gasteiger partial charge in [-0.15, -0.1) is 10.2 Å². The summed E-state index contributed by atoms with van der Waals surface area (Å²) in [7, 11) is 0. The van der Waals surface area contributed by atoms with E-state index in [2.05, 4.69) is 21.6 Å². The van der Waals surface area contributed by atoms with Crippen LogP contribution in [0.4, 0.5) is 5.69 Å². The first-order valence-corrected chi connectivity index (χ1v) is 8.38. The first-order chi connectivity index (χ1) is 13.3. The lowest BCUT2D eigenvalue weighted by Crippen LogP contribution is -2.15. The summed E-state index contributed by atoms with van der Waals surface area (Å²) in [5.74, 6) is -0.296. The van der Waals surface area contributed by atoms with Crippen LogP contribution in [0, 0.1) is 11.3 Å². The van der Waals surface area contributed by atoms with E-state index in [1.807, 2.05) is 54.6 Å². The maximum atomic E-state index is 13.2. The van der Waals surface area contributed by atoms with E-state index in [4.69, 9.17) is 5.26 Å². The SMILES string of the molecule is N#Cc1cccc(NC(=O)c2c(-c3ccccc3)nnc3ccccc23)c1. The predicted molar refractivity (Wildman–Crippen MR) is 104 cm³/mol. The maximum Gasteiger partial charge on any atom is 0.258 e. The Morgan fingerprint density at radius 1 is 0.889 bits per heavy atom. The molecule has 0 aliphatic heterocycles. The number of fused-ring (bicyclic) bond motifs is 1. The highest BCUT2D eigenvalue weighted by Crippen LogP contribution is 2.27. The number of amides is 1. The second-order valence-electron chi connectivity index (χ2n) is 5.95. The topological polar surface area (TPSA) is 78.7 Å². The molecule has 4 aromatic rings. The van der Waals surface area contributed by atoms with E-state index in [-0.39, 0.29) is 5.91 Å². The first kappa shape index (κ1) is 16.4. The zero-order valence-electron chi connectivity index (χ0n) is 14.3. The fourth-order valence-corrected chi connectivity index (χ4v) is 2.94. The summed E-state index contributed by atoms with van der Waals surface area (Å²) in [6, 6.07) is 25.8. The number of hydrogen-bond acceptors (Lipinski definition) is 4. The third-order valence-corrected chi connectivity index (χ3v) is 4.19. The number of benzene rings is 3. The van der Waals surface area contributed by atoms with E-state index in [0.29, 0.717) is 28.0 Å². The summed E-state index contributed by atoms with van der Waals surface area (Å²) >= 11 is 0. The largest absolute Gasteiger partial charge is 0.322 e. The lowest BCUT2D eigenvalue weighted by atomic mass is 10.0. The molecule has 0 radical (unpaired) electrons. The molecule has 27 heavy (non-hydrogen) atoms. The standard InChI is InChI=1S/C22H14N4O/c23-14-15-7-6-10-17(13-15)24-22(27)20-18-11-4-5-12-19(18)25-26-21(20)16-8-2-1-3-9-16/h1-13H,(H,24,27). The number of carbonyl (C=O) groups is 1. The Morgan fingerprint density at radius 2 is 1.67 bits per heavy atom.